The standard InChI is InChI=1S/C17H18N4O2S/c1-4-23-16(22)15-10(2)13(19-11(15)3)9-18-21-17-20-12-7-5-6-8-14(12)24-17/h5-9,19H,4H2,1-3H3,(H,20,21)/b18-9+. The second-order valence-corrected chi connectivity index (χ2v) is 6.27. The molecule has 3 rings (SSSR count). The molecule has 24 heavy (non-hydrogen) atoms. The average molecular weight is 342 g/mol. The first-order valence-corrected chi connectivity index (χ1v) is 8.42. The van der Waals surface area contributed by atoms with Crippen molar-refractivity contribution >= 4 is 38.9 Å². The largest absolute Gasteiger partial charge is 0.462 e. The molecule has 0 fully saturated rings. The van der Waals surface area contributed by atoms with Crippen LogP contribution in [0, 0.1) is 13.8 Å². The molecule has 0 unspecified atom stereocenters. The van der Waals surface area contributed by atoms with Crippen molar-refractivity contribution < 1.29 is 9.53 Å². The van der Waals surface area contributed by atoms with Gasteiger partial charge in [-0.05, 0) is 38.5 Å². The Kier molecular flexibility index (Phi) is 4.61. The third-order valence-electron chi connectivity index (χ3n) is 3.60. The lowest BCUT2D eigenvalue weighted by Gasteiger charge is -2.01. The maximum Gasteiger partial charge on any atom is 0.340 e. The Hall–Kier alpha value is -2.67. The van der Waals surface area contributed by atoms with Crippen LogP contribution in [0.5, 0.6) is 0 Å². The zero-order valence-corrected chi connectivity index (χ0v) is 14.5. The quantitative estimate of drug-likeness (QED) is 0.419. The van der Waals surface area contributed by atoms with E-state index in [1.54, 1.807) is 13.1 Å². The van der Waals surface area contributed by atoms with Gasteiger partial charge in [0.2, 0.25) is 5.13 Å². The number of rotatable bonds is 5. The number of nitrogens with zero attached hydrogens (tertiary/aromatic N) is 2. The summed E-state index contributed by atoms with van der Waals surface area (Å²) in [6, 6.07) is 7.92. The fourth-order valence-electron chi connectivity index (χ4n) is 2.48. The van der Waals surface area contributed by atoms with Crippen LogP contribution < -0.4 is 5.43 Å². The van der Waals surface area contributed by atoms with Crippen LogP contribution in [-0.4, -0.2) is 28.8 Å². The highest BCUT2D eigenvalue weighted by Gasteiger charge is 2.18. The number of esters is 1. The first kappa shape index (κ1) is 16.2. The molecule has 0 radical (unpaired) electrons. The number of hydrogen-bond donors (Lipinski definition) is 2. The van der Waals surface area contributed by atoms with Crippen LogP contribution in [0.2, 0.25) is 0 Å². The van der Waals surface area contributed by atoms with Crippen LogP contribution in [0.25, 0.3) is 10.2 Å². The lowest BCUT2D eigenvalue weighted by Crippen LogP contribution is -2.06. The third-order valence-corrected chi connectivity index (χ3v) is 4.54. The molecule has 0 aliphatic heterocycles. The zero-order chi connectivity index (χ0) is 17.1. The molecule has 0 saturated heterocycles. The number of thiazole rings is 1. The Morgan fingerprint density at radius 3 is 2.96 bits per heavy atom. The van der Waals surface area contributed by atoms with Crippen LogP contribution in [0.3, 0.4) is 0 Å². The van der Waals surface area contributed by atoms with Gasteiger partial charge in [0.15, 0.2) is 0 Å². The minimum absolute atomic E-state index is 0.317. The number of nitrogens with one attached hydrogen (secondary N) is 2. The van der Waals surface area contributed by atoms with Crippen molar-refractivity contribution in [2.24, 2.45) is 5.10 Å². The van der Waals surface area contributed by atoms with E-state index in [1.165, 1.54) is 11.3 Å². The van der Waals surface area contributed by atoms with Crippen LogP contribution in [0.1, 0.15) is 34.2 Å². The highest BCUT2D eigenvalue weighted by atomic mass is 32.1. The Morgan fingerprint density at radius 2 is 2.21 bits per heavy atom. The third kappa shape index (κ3) is 3.16. The van der Waals surface area contributed by atoms with Gasteiger partial charge in [0, 0.05) is 5.69 Å². The lowest BCUT2D eigenvalue weighted by molar-refractivity contribution is 0.0525. The number of hydrogen-bond acceptors (Lipinski definition) is 6. The Morgan fingerprint density at radius 1 is 1.42 bits per heavy atom. The van der Waals surface area contributed by atoms with Crippen molar-refractivity contribution in [1.29, 1.82) is 0 Å². The molecule has 0 aliphatic carbocycles. The number of fused-ring (bicyclic) bond motifs is 1. The van der Waals surface area contributed by atoms with Gasteiger partial charge in [0.25, 0.3) is 0 Å². The second kappa shape index (κ2) is 6.84. The van der Waals surface area contributed by atoms with E-state index < -0.39 is 0 Å². The number of para-hydroxylation sites is 1. The van der Waals surface area contributed by atoms with Crippen molar-refractivity contribution in [1.82, 2.24) is 9.97 Å². The van der Waals surface area contributed by atoms with Gasteiger partial charge >= 0.3 is 5.97 Å². The van der Waals surface area contributed by atoms with E-state index >= 15 is 0 Å². The number of aromatic nitrogens is 2. The average Bonchev–Trinajstić information content (AvgIpc) is 3.08. The molecule has 1 aromatic carbocycles. The molecule has 0 bridgehead atoms. The molecule has 0 spiro atoms. The monoisotopic (exact) mass is 342 g/mol. The number of carbonyl (C=O) groups is 1. The Labute approximate surface area is 143 Å². The van der Waals surface area contributed by atoms with Gasteiger partial charge in [0.05, 0.1) is 34.3 Å². The van der Waals surface area contributed by atoms with Crippen LogP contribution in [0.15, 0.2) is 29.4 Å². The first-order chi connectivity index (χ1) is 11.6. The van der Waals surface area contributed by atoms with E-state index in [-0.39, 0.29) is 5.97 Å². The number of aryl methyl sites for hydroxylation is 1. The topological polar surface area (TPSA) is 79.4 Å². The summed E-state index contributed by atoms with van der Waals surface area (Å²) in [6.07, 6.45) is 1.65. The molecule has 7 heteroatoms. The number of carbonyl (C=O) groups excluding carboxylic acids is 1. The first-order valence-electron chi connectivity index (χ1n) is 7.61. The van der Waals surface area contributed by atoms with Crippen LogP contribution >= 0.6 is 11.3 Å². The van der Waals surface area contributed by atoms with Crippen molar-refractivity contribution in [3.63, 3.8) is 0 Å². The van der Waals surface area contributed by atoms with Gasteiger partial charge in [-0.2, -0.15) is 5.10 Å². The van der Waals surface area contributed by atoms with Gasteiger partial charge in [-0.25, -0.2) is 9.78 Å². The molecule has 2 aromatic heterocycles. The number of anilines is 1. The van der Waals surface area contributed by atoms with Crippen molar-refractivity contribution in [3.05, 3.63) is 46.8 Å². The van der Waals surface area contributed by atoms with Crippen molar-refractivity contribution in [2.75, 3.05) is 12.0 Å². The summed E-state index contributed by atoms with van der Waals surface area (Å²) in [7, 11) is 0. The fraction of sp³-hybridized carbons (Fsp3) is 0.235. The molecule has 2 heterocycles. The number of ether oxygens (including phenoxy) is 1. The Bertz CT molecular complexity index is 878. The smallest absolute Gasteiger partial charge is 0.340 e. The zero-order valence-electron chi connectivity index (χ0n) is 13.7. The summed E-state index contributed by atoms with van der Waals surface area (Å²) in [4.78, 5) is 19.6. The highest BCUT2D eigenvalue weighted by molar-refractivity contribution is 7.22. The molecule has 0 amide bonds. The van der Waals surface area contributed by atoms with E-state index in [2.05, 4.69) is 20.5 Å². The fourth-order valence-corrected chi connectivity index (χ4v) is 3.30. The number of benzene rings is 1. The minimum atomic E-state index is -0.317. The summed E-state index contributed by atoms with van der Waals surface area (Å²) in [5.41, 5.74) is 6.80. The van der Waals surface area contributed by atoms with E-state index in [0.29, 0.717) is 12.2 Å². The predicted molar refractivity (Wildman–Crippen MR) is 97.1 cm³/mol. The lowest BCUT2D eigenvalue weighted by atomic mass is 10.1. The maximum atomic E-state index is 12.0. The molecule has 0 aliphatic rings. The van der Waals surface area contributed by atoms with E-state index in [9.17, 15) is 4.79 Å². The molecule has 3 aromatic rings. The predicted octanol–water partition coefficient (Wildman–Crippen LogP) is 3.86. The van der Waals surface area contributed by atoms with Gasteiger partial charge in [-0.3, -0.25) is 5.43 Å². The summed E-state index contributed by atoms with van der Waals surface area (Å²) in [5.74, 6) is -0.317. The Balaban J connectivity index is 1.77. The van der Waals surface area contributed by atoms with Gasteiger partial charge in [-0.1, -0.05) is 23.5 Å². The maximum absolute atomic E-state index is 12.0. The van der Waals surface area contributed by atoms with Gasteiger partial charge in [-0.15, -0.1) is 0 Å². The molecular formula is C17H18N4O2S. The number of hydrazone groups is 1. The van der Waals surface area contributed by atoms with Crippen LogP contribution in [0.4, 0.5) is 5.13 Å². The highest BCUT2D eigenvalue weighted by Crippen LogP contribution is 2.25. The molecular weight excluding hydrogens is 324 g/mol. The van der Waals surface area contributed by atoms with E-state index in [4.69, 9.17) is 4.74 Å². The summed E-state index contributed by atoms with van der Waals surface area (Å²) >= 11 is 1.54. The minimum Gasteiger partial charge on any atom is -0.462 e. The summed E-state index contributed by atoms with van der Waals surface area (Å²) in [5, 5.41) is 4.94. The molecule has 2 N–H and O–H groups in total. The molecule has 0 atom stereocenters. The van der Waals surface area contributed by atoms with Crippen molar-refractivity contribution in [3.8, 4) is 0 Å². The van der Waals surface area contributed by atoms with E-state index in [0.717, 1.165) is 32.3 Å². The van der Waals surface area contributed by atoms with E-state index in [1.807, 2.05) is 38.1 Å². The summed E-state index contributed by atoms with van der Waals surface area (Å²) in [6.45, 7) is 5.86. The van der Waals surface area contributed by atoms with Gasteiger partial charge < -0.3 is 9.72 Å². The van der Waals surface area contributed by atoms with Crippen LogP contribution in [-0.2, 0) is 4.74 Å². The second-order valence-electron chi connectivity index (χ2n) is 5.24. The normalized spacial score (nSPS) is 11.3. The molecule has 0 saturated carbocycles. The molecule has 124 valence electrons. The van der Waals surface area contributed by atoms with Gasteiger partial charge in [0.1, 0.15) is 0 Å². The molecule has 6 nitrogen and oxygen atoms in total. The number of aromatic amines is 1. The van der Waals surface area contributed by atoms with Crippen molar-refractivity contribution in [2.45, 2.75) is 20.8 Å². The summed E-state index contributed by atoms with van der Waals surface area (Å²) < 4.78 is 6.19. The number of H-pyrrole nitrogens is 1. The SMILES string of the molecule is CCOC(=O)c1c(C)[nH]c(/C=N/Nc2nc3ccccc3s2)c1C.